The van der Waals surface area contributed by atoms with E-state index in [4.69, 9.17) is 22.1 Å². The van der Waals surface area contributed by atoms with E-state index in [1.54, 1.807) is 7.05 Å². The summed E-state index contributed by atoms with van der Waals surface area (Å²) in [6.45, 7) is 4.43. The van der Waals surface area contributed by atoms with Crippen LogP contribution >= 0.6 is 11.6 Å². The number of likely N-dealkylation sites (tertiary alicyclic amines) is 1. The van der Waals surface area contributed by atoms with E-state index in [0.29, 0.717) is 29.7 Å². The lowest BCUT2D eigenvalue weighted by Crippen LogP contribution is -2.49. The van der Waals surface area contributed by atoms with Gasteiger partial charge in [-0.25, -0.2) is 0 Å². The molecule has 0 spiro atoms. The maximum atomic E-state index is 11.2. The standard InChI is InChI=1S/C19H29ClN4O2/c1-3-15(26-17-9-5-4-8-16(17)20)12-23-19(22-2)24-10-6-7-14(13-24)11-18(21)25/h4-5,8-9,14-15H,3,6-7,10-13H2,1-2H3,(H2,21,25)(H,22,23). The fourth-order valence-electron chi connectivity index (χ4n) is 3.24. The number of nitrogens with two attached hydrogens (primary N) is 1. The van der Waals surface area contributed by atoms with Gasteiger partial charge in [0.2, 0.25) is 5.91 Å². The summed E-state index contributed by atoms with van der Waals surface area (Å²) in [6, 6.07) is 7.49. The van der Waals surface area contributed by atoms with Crippen LogP contribution in [0, 0.1) is 5.92 Å². The quantitative estimate of drug-likeness (QED) is 0.563. The van der Waals surface area contributed by atoms with Gasteiger partial charge in [-0.1, -0.05) is 30.7 Å². The third-order valence-corrected chi connectivity index (χ3v) is 4.91. The number of carbonyl (C=O) groups is 1. The van der Waals surface area contributed by atoms with E-state index < -0.39 is 0 Å². The van der Waals surface area contributed by atoms with Crippen LogP contribution in [0.2, 0.25) is 5.02 Å². The molecule has 7 heteroatoms. The van der Waals surface area contributed by atoms with Gasteiger partial charge in [0.1, 0.15) is 11.9 Å². The number of rotatable bonds is 7. The first kappa shape index (κ1) is 20.4. The van der Waals surface area contributed by atoms with Gasteiger partial charge in [0.05, 0.1) is 11.6 Å². The van der Waals surface area contributed by atoms with Gasteiger partial charge in [-0.3, -0.25) is 9.79 Å². The molecule has 1 heterocycles. The van der Waals surface area contributed by atoms with Crippen molar-refractivity contribution in [3.63, 3.8) is 0 Å². The van der Waals surface area contributed by atoms with E-state index in [-0.39, 0.29) is 12.0 Å². The first-order valence-corrected chi connectivity index (χ1v) is 9.56. The molecule has 2 unspecified atom stereocenters. The second-order valence-corrected chi connectivity index (χ2v) is 7.04. The lowest BCUT2D eigenvalue weighted by molar-refractivity contribution is -0.119. The fraction of sp³-hybridized carbons (Fsp3) is 0.579. The normalized spacial score (nSPS) is 19.1. The number of primary amides is 1. The molecule has 144 valence electrons. The summed E-state index contributed by atoms with van der Waals surface area (Å²) in [6.07, 6.45) is 3.33. The lowest BCUT2D eigenvalue weighted by Gasteiger charge is -2.35. The summed E-state index contributed by atoms with van der Waals surface area (Å²) < 4.78 is 6.02. The maximum Gasteiger partial charge on any atom is 0.217 e. The van der Waals surface area contributed by atoms with Crippen molar-refractivity contribution in [3.8, 4) is 5.75 Å². The van der Waals surface area contributed by atoms with Gasteiger partial charge in [-0.05, 0) is 37.3 Å². The molecule has 3 N–H and O–H groups in total. The lowest BCUT2D eigenvalue weighted by atomic mass is 9.95. The summed E-state index contributed by atoms with van der Waals surface area (Å²) in [5, 5.41) is 4.01. The molecule has 0 saturated carbocycles. The van der Waals surface area contributed by atoms with Crippen LogP contribution in [-0.4, -0.2) is 49.6 Å². The molecule has 26 heavy (non-hydrogen) atoms. The molecule has 1 amide bonds. The number of carbonyl (C=O) groups excluding carboxylic acids is 1. The number of aliphatic imine (C=N–C) groups is 1. The van der Waals surface area contributed by atoms with Crippen molar-refractivity contribution < 1.29 is 9.53 Å². The van der Waals surface area contributed by atoms with Crippen LogP contribution in [0.25, 0.3) is 0 Å². The van der Waals surface area contributed by atoms with Gasteiger partial charge in [0.25, 0.3) is 0 Å². The Kier molecular flexibility index (Phi) is 8.04. The number of ether oxygens (including phenoxy) is 1. The Morgan fingerprint density at radius 3 is 2.92 bits per heavy atom. The number of halogens is 1. The van der Waals surface area contributed by atoms with Crippen LogP contribution in [0.5, 0.6) is 5.75 Å². The highest BCUT2D eigenvalue weighted by atomic mass is 35.5. The highest BCUT2D eigenvalue weighted by molar-refractivity contribution is 6.32. The summed E-state index contributed by atoms with van der Waals surface area (Å²) in [4.78, 5) is 17.8. The Morgan fingerprint density at radius 1 is 1.50 bits per heavy atom. The number of guanidine groups is 1. The highest BCUT2D eigenvalue weighted by Crippen LogP contribution is 2.24. The van der Waals surface area contributed by atoms with Gasteiger partial charge < -0.3 is 20.7 Å². The van der Waals surface area contributed by atoms with Gasteiger partial charge in [-0.15, -0.1) is 0 Å². The van der Waals surface area contributed by atoms with Gasteiger partial charge in [-0.2, -0.15) is 0 Å². The molecular weight excluding hydrogens is 352 g/mol. The van der Waals surface area contributed by atoms with E-state index in [9.17, 15) is 4.79 Å². The monoisotopic (exact) mass is 380 g/mol. The molecule has 0 bridgehead atoms. The molecule has 0 aromatic heterocycles. The van der Waals surface area contributed by atoms with E-state index in [0.717, 1.165) is 38.3 Å². The van der Waals surface area contributed by atoms with Crippen molar-refractivity contribution in [1.29, 1.82) is 0 Å². The number of para-hydroxylation sites is 1. The van der Waals surface area contributed by atoms with Gasteiger partial charge in [0.15, 0.2) is 5.96 Å². The van der Waals surface area contributed by atoms with Crippen LogP contribution in [0.4, 0.5) is 0 Å². The third kappa shape index (κ3) is 6.09. The highest BCUT2D eigenvalue weighted by Gasteiger charge is 2.24. The zero-order chi connectivity index (χ0) is 18.9. The molecule has 1 aromatic rings. The van der Waals surface area contributed by atoms with Crippen LogP contribution < -0.4 is 15.8 Å². The van der Waals surface area contributed by atoms with Crippen molar-refractivity contribution >= 4 is 23.5 Å². The first-order valence-electron chi connectivity index (χ1n) is 9.18. The van der Waals surface area contributed by atoms with Gasteiger partial charge in [0, 0.05) is 26.6 Å². The second kappa shape index (κ2) is 10.3. The van der Waals surface area contributed by atoms with E-state index in [1.807, 2.05) is 24.3 Å². The van der Waals surface area contributed by atoms with Crippen LogP contribution in [0.3, 0.4) is 0 Å². The summed E-state index contributed by atoms with van der Waals surface area (Å²) in [5.41, 5.74) is 5.35. The van der Waals surface area contributed by atoms with E-state index >= 15 is 0 Å². The second-order valence-electron chi connectivity index (χ2n) is 6.63. The number of nitrogens with one attached hydrogen (secondary N) is 1. The molecule has 2 atom stereocenters. The predicted molar refractivity (Wildman–Crippen MR) is 106 cm³/mol. The maximum absolute atomic E-state index is 11.2. The smallest absolute Gasteiger partial charge is 0.217 e. The zero-order valence-corrected chi connectivity index (χ0v) is 16.3. The molecule has 1 fully saturated rings. The van der Waals surface area contributed by atoms with Crippen molar-refractivity contribution in [1.82, 2.24) is 10.2 Å². The molecule has 2 rings (SSSR count). The number of amides is 1. The van der Waals surface area contributed by atoms with Crippen LogP contribution in [0.1, 0.15) is 32.6 Å². The minimum absolute atomic E-state index is 0.0159. The van der Waals surface area contributed by atoms with Crippen LogP contribution in [-0.2, 0) is 4.79 Å². The fourth-order valence-corrected chi connectivity index (χ4v) is 3.42. The topological polar surface area (TPSA) is 80.0 Å². The molecule has 0 radical (unpaired) electrons. The Morgan fingerprint density at radius 2 is 2.27 bits per heavy atom. The molecule has 1 aliphatic heterocycles. The van der Waals surface area contributed by atoms with Crippen molar-refractivity contribution in [2.75, 3.05) is 26.7 Å². The minimum Gasteiger partial charge on any atom is -0.487 e. The van der Waals surface area contributed by atoms with Crippen LogP contribution in [0.15, 0.2) is 29.3 Å². The number of benzene rings is 1. The Hall–Kier alpha value is -1.95. The van der Waals surface area contributed by atoms with E-state index in [1.165, 1.54) is 0 Å². The van der Waals surface area contributed by atoms with Crippen molar-refractivity contribution in [3.05, 3.63) is 29.3 Å². The zero-order valence-electron chi connectivity index (χ0n) is 15.6. The van der Waals surface area contributed by atoms with Crippen molar-refractivity contribution in [2.24, 2.45) is 16.6 Å². The molecule has 1 aliphatic rings. The SMILES string of the molecule is CCC(CNC(=NC)N1CCCC(CC(N)=O)C1)Oc1ccccc1Cl. The molecule has 1 aromatic carbocycles. The third-order valence-electron chi connectivity index (χ3n) is 4.59. The average Bonchev–Trinajstić information content (AvgIpc) is 2.62. The Bertz CT molecular complexity index is 623. The predicted octanol–water partition coefficient (Wildman–Crippen LogP) is 2.66. The Labute approximate surface area is 160 Å². The number of piperidine rings is 1. The molecule has 6 nitrogen and oxygen atoms in total. The largest absolute Gasteiger partial charge is 0.487 e. The molecular formula is C19H29ClN4O2. The van der Waals surface area contributed by atoms with Gasteiger partial charge >= 0.3 is 0 Å². The summed E-state index contributed by atoms with van der Waals surface area (Å²) in [7, 11) is 1.77. The molecule has 1 saturated heterocycles. The van der Waals surface area contributed by atoms with E-state index in [2.05, 4.69) is 22.1 Å². The minimum atomic E-state index is -0.237. The number of hydrogen-bond acceptors (Lipinski definition) is 3. The molecule has 0 aliphatic carbocycles. The van der Waals surface area contributed by atoms with Crippen molar-refractivity contribution in [2.45, 2.75) is 38.7 Å². The summed E-state index contributed by atoms with van der Waals surface area (Å²) >= 11 is 6.18. The summed E-state index contributed by atoms with van der Waals surface area (Å²) in [5.74, 6) is 1.58. The first-order chi connectivity index (χ1) is 12.5. The number of hydrogen-bond donors (Lipinski definition) is 2. The Balaban J connectivity index is 1.90. The number of nitrogens with zero attached hydrogens (tertiary/aromatic N) is 2. The average molecular weight is 381 g/mol.